The fraction of sp³-hybridized carbons (Fsp3) is 0.556. The summed E-state index contributed by atoms with van der Waals surface area (Å²) in [6, 6.07) is 5.96. The number of aliphatic imine (C=N–C) groups is 1. The molecule has 1 saturated heterocycles. The number of rotatable bonds is 6. The fourth-order valence-corrected chi connectivity index (χ4v) is 2.90. The van der Waals surface area contributed by atoms with Crippen molar-refractivity contribution >= 4 is 11.9 Å². The summed E-state index contributed by atoms with van der Waals surface area (Å²) in [6.45, 7) is 3.83. The van der Waals surface area contributed by atoms with Crippen molar-refractivity contribution in [3.63, 3.8) is 0 Å². The van der Waals surface area contributed by atoms with Gasteiger partial charge in [-0.05, 0) is 30.5 Å². The van der Waals surface area contributed by atoms with Crippen molar-refractivity contribution in [3.8, 4) is 5.75 Å². The third kappa shape index (κ3) is 6.99. The highest BCUT2D eigenvalue weighted by Gasteiger charge is 2.31. The Morgan fingerprint density at radius 1 is 1.33 bits per heavy atom. The van der Waals surface area contributed by atoms with Crippen molar-refractivity contribution in [2.45, 2.75) is 38.6 Å². The number of nitrogens with zero attached hydrogens (tertiary/aromatic N) is 2. The lowest BCUT2D eigenvalue weighted by Crippen LogP contribution is -2.45. The van der Waals surface area contributed by atoms with Crippen LogP contribution in [0.2, 0.25) is 0 Å². The van der Waals surface area contributed by atoms with Crippen LogP contribution < -0.4 is 15.4 Å². The maximum atomic E-state index is 12.2. The molecule has 1 aromatic carbocycles. The smallest absolute Gasteiger partial charge is 0.406 e. The highest BCUT2D eigenvalue weighted by molar-refractivity contribution is 5.80. The van der Waals surface area contributed by atoms with Gasteiger partial charge in [0.1, 0.15) is 5.75 Å². The van der Waals surface area contributed by atoms with E-state index in [-0.39, 0.29) is 17.7 Å². The van der Waals surface area contributed by atoms with Crippen molar-refractivity contribution in [3.05, 3.63) is 29.8 Å². The van der Waals surface area contributed by atoms with Gasteiger partial charge in [0.05, 0.1) is 0 Å². The van der Waals surface area contributed by atoms with Crippen molar-refractivity contribution < 1.29 is 22.7 Å². The average Bonchev–Trinajstić information content (AvgIpc) is 3.09. The molecule has 150 valence electrons. The van der Waals surface area contributed by atoms with Crippen LogP contribution in [0.4, 0.5) is 13.2 Å². The molecule has 1 atom stereocenters. The molecule has 0 saturated carbocycles. The summed E-state index contributed by atoms with van der Waals surface area (Å²) in [6.07, 6.45) is -2.68. The second kappa shape index (κ2) is 9.48. The number of carbonyl (C=O) groups is 1. The summed E-state index contributed by atoms with van der Waals surface area (Å²) in [5, 5.41) is 6.48. The van der Waals surface area contributed by atoms with Crippen LogP contribution >= 0.6 is 0 Å². The highest BCUT2D eigenvalue weighted by Crippen LogP contribution is 2.22. The molecule has 2 rings (SSSR count). The van der Waals surface area contributed by atoms with E-state index < -0.39 is 6.36 Å². The van der Waals surface area contributed by atoms with Crippen LogP contribution in [0.1, 0.15) is 25.3 Å². The number of nitrogens with one attached hydrogen (secondary N) is 2. The zero-order valence-electron chi connectivity index (χ0n) is 15.5. The number of hydrogen-bond acceptors (Lipinski definition) is 3. The molecule has 9 heteroatoms. The Bertz CT molecular complexity index is 647. The second-order valence-electron chi connectivity index (χ2n) is 6.26. The number of carbonyl (C=O) groups excluding carboxylic acids is 1. The summed E-state index contributed by atoms with van der Waals surface area (Å²) < 4.78 is 40.3. The standard InChI is InChI=1S/C18H25F3N4O2/c1-3-16(26)25-11-9-14(12-25)24-17(22-2)23-10-8-13-4-6-15(7-5-13)27-18(19,20)21/h4-7,14H,3,8-12H2,1-2H3,(H2,22,23,24). The van der Waals surface area contributed by atoms with Crippen LogP contribution in [0.3, 0.4) is 0 Å². The first-order valence-corrected chi connectivity index (χ1v) is 8.90. The fourth-order valence-electron chi connectivity index (χ4n) is 2.90. The van der Waals surface area contributed by atoms with Crippen molar-refractivity contribution in [2.24, 2.45) is 4.99 Å². The topological polar surface area (TPSA) is 66.0 Å². The monoisotopic (exact) mass is 386 g/mol. The Morgan fingerprint density at radius 2 is 2.04 bits per heavy atom. The van der Waals surface area contributed by atoms with E-state index in [4.69, 9.17) is 0 Å². The predicted octanol–water partition coefficient (Wildman–Crippen LogP) is 2.30. The molecule has 1 aliphatic heterocycles. The van der Waals surface area contributed by atoms with E-state index in [1.807, 2.05) is 11.8 Å². The molecule has 1 fully saturated rings. The molecule has 0 aliphatic carbocycles. The minimum Gasteiger partial charge on any atom is -0.406 e. The summed E-state index contributed by atoms with van der Waals surface area (Å²) in [4.78, 5) is 17.7. The predicted molar refractivity (Wildman–Crippen MR) is 96.6 cm³/mol. The Labute approximate surface area is 156 Å². The summed E-state index contributed by atoms with van der Waals surface area (Å²) in [5.41, 5.74) is 0.882. The molecule has 27 heavy (non-hydrogen) atoms. The van der Waals surface area contributed by atoms with Crippen molar-refractivity contribution in [1.82, 2.24) is 15.5 Å². The first kappa shape index (κ1) is 20.9. The third-order valence-corrected chi connectivity index (χ3v) is 4.27. The van der Waals surface area contributed by atoms with Gasteiger partial charge in [0, 0.05) is 39.1 Å². The molecule has 1 amide bonds. The van der Waals surface area contributed by atoms with Crippen LogP contribution in [0.15, 0.2) is 29.3 Å². The van der Waals surface area contributed by atoms with Gasteiger partial charge >= 0.3 is 6.36 Å². The summed E-state index contributed by atoms with van der Waals surface area (Å²) >= 11 is 0. The van der Waals surface area contributed by atoms with Gasteiger partial charge in [0.25, 0.3) is 0 Å². The van der Waals surface area contributed by atoms with E-state index in [1.165, 1.54) is 12.1 Å². The van der Waals surface area contributed by atoms with E-state index >= 15 is 0 Å². The number of ether oxygens (including phenoxy) is 1. The number of amides is 1. The molecule has 6 nitrogen and oxygen atoms in total. The number of guanidine groups is 1. The van der Waals surface area contributed by atoms with Gasteiger partial charge in [0.15, 0.2) is 5.96 Å². The molecule has 1 heterocycles. The van der Waals surface area contributed by atoms with Crippen molar-refractivity contribution in [1.29, 1.82) is 0 Å². The van der Waals surface area contributed by atoms with E-state index in [9.17, 15) is 18.0 Å². The molecule has 0 aromatic heterocycles. The van der Waals surface area contributed by atoms with Crippen LogP contribution in [0.25, 0.3) is 0 Å². The molecule has 0 spiro atoms. The minimum absolute atomic E-state index is 0.153. The quantitative estimate of drug-likeness (QED) is 0.582. The lowest BCUT2D eigenvalue weighted by Gasteiger charge is -2.18. The molecular formula is C18H25F3N4O2. The maximum Gasteiger partial charge on any atom is 0.573 e. The summed E-state index contributed by atoms with van der Waals surface area (Å²) in [7, 11) is 1.67. The maximum absolute atomic E-state index is 12.2. The van der Waals surface area contributed by atoms with Crippen LogP contribution in [-0.2, 0) is 11.2 Å². The molecule has 1 aromatic rings. The van der Waals surface area contributed by atoms with E-state index in [1.54, 1.807) is 19.2 Å². The Morgan fingerprint density at radius 3 is 2.63 bits per heavy atom. The zero-order valence-corrected chi connectivity index (χ0v) is 15.5. The molecule has 0 bridgehead atoms. The first-order chi connectivity index (χ1) is 12.8. The van der Waals surface area contributed by atoms with E-state index in [0.29, 0.717) is 31.9 Å². The van der Waals surface area contributed by atoms with Gasteiger partial charge in [-0.3, -0.25) is 9.79 Å². The lowest BCUT2D eigenvalue weighted by atomic mass is 10.1. The van der Waals surface area contributed by atoms with Gasteiger partial charge in [-0.2, -0.15) is 0 Å². The van der Waals surface area contributed by atoms with E-state index in [0.717, 1.165) is 18.5 Å². The number of halogens is 3. The van der Waals surface area contributed by atoms with Gasteiger partial charge in [-0.25, -0.2) is 0 Å². The van der Waals surface area contributed by atoms with Gasteiger partial charge in [0.2, 0.25) is 5.91 Å². The van der Waals surface area contributed by atoms with Gasteiger partial charge < -0.3 is 20.3 Å². The zero-order chi connectivity index (χ0) is 19.9. The van der Waals surface area contributed by atoms with E-state index in [2.05, 4.69) is 20.4 Å². The molecule has 1 aliphatic rings. The number of hydrogen-bond donors (Lipinski definition) is 2. The SMILES string of the molecule is CCC(=O)N1CCC(NC(=NC)NCCc2ccc(OC(F)(F)F)cc2)C1. The average molecular weight is 386 g/mol. The third-order valence-electron chi connectivity index (χ3n) is 4.27. The highest BCUT2D eigenvalue weighted by atomic mass is 19.4. The number of benzene rings is 1. The molecule has 0 radical (unpaired) electrons. The van der Waals surface area contributed by atoms with Gasteiger partial charge in [-0.1, -0.05) is 19.1 Å². The summed E-state index contributed by atoms with van der Waals surface area (Å²) in [5.74, 6) is 0.562. The van der Waals surface area contributed by atoms with Crippen LogP contribution in [0.5, 0.6) is 5.75 Å². The first-order valence-electron chi connectivity index (χ1n) is 8.90. The minimum atomic E-state index is -4.68. The Kier molecular flexibility index (Phi) is 7.32. The molecule has 2 N–H and O–H groups in total. The van der Waals surface area contributed by atoms with Gasteiger partial charge in [-0.15, -0.1) is 13.2 Å². The normalized spacial score (nSPS) is 17.7. The Balaban J connectivity index is 1.74. The lowest BCUT2D eigenvalue weighted by molar-refractivity contribution is -0.274. The Hall–Kier alpha value is -2.45. The molecule has 1 unspecified atom stereocenters. The van der Waals surface area contributed by atoms with Crippen LogP contribution in [-0.4, -0.2) is 55.9 Å². The number of alkyl halides is 3. The van der Waals surface area contributed by atoms with Crippen LogP contribution in [0, 0.1) is 0 Å². The van der Waals surface area contributed by atoms with Crippen molar-refractivity contribution in [2.75, 3.05) is 26.7 Å². The molecular weight excluding hydrogens is 361 g/mol. The largest absolute Gasteiger partial charge is 0.573 e. The second-order valence-corrected chi connectivity index (χ2v) is 6.26. The number of likely N-dealkylation sites (tertiary alicyclic amines) is 1.